The number of halogens is 1. The maximum absolute atomic E-state index is 13.1. The zero-order valence-electron chi connectivity index (χ0n) is 11.5. The van der Waals surface area contributed by atoms with Crippen molar-refractivity contribution in [2.75, 3.05) is 11.9 Å². The summed E-state index contributed by atoms with van der Waals surface area (Å²) in [5, 5.41) is 13.9. The molecule has 110 valence electrons. The Morgan fingerprint density at radius 1 is 1.38 bits per heavy atom. The molecule has 0 atom stereocenters. The minimum absolute atomic E-state index is 0.0815. The molecule has 0 unspecified atom stereocenters. The molecule has 0 bridgehead atoms. The van der Waals surface area contributed by atoms with Crippen molar-refractivity contribution in [2.24, 2.45) is 0 Å². The molecule has 0 aliphatic rings. The van der Waals surface area contributed by atoms with E-state index in [1.165, 1.54) is 12.1 Å². The molecule has 0 aliphatic carbocycles. The average molecular weight is 292 g/mol. The minimum atomic E-state index is -0.711. The van der Waals surface area contributed by atoms with Crippen molar-refractivity contribution in [3.05, 3.63) is 46.0 Å². The van der Waals surface area contributed by atoms with Gasteiger partial charge in [-0.3, -0.25) is 10.1 Å². The van der Waals surface area contributed by atoms with Gasteiger partial charge in [0.2, 0.25) is 11.6 Å². The lowest BCUT2D eigenvalue weighted by molar-refractivity contribution is -0.385. The third-order valence-corrected chi connectivity index (χ3v) is 2.50. The minimum Gasteiger partial charge on any atom is -0.432 e. The van der Waals surface area contributed by atoms with Gasteiger partial charge in [-0.05, 0) is 26.0 Å². The highest BCUT2D eigenvalue weighted by Crippen LogP contribution is 2.31. The van der Waals surface area contributed by atoms with Crippen LogP contribution < -0.4 is 10.1 Å². The topological polar surface area (TPSA) is 90.2 Å². The summed E-state index contributed by atoms with van der Waals surface area (Å²) < 4.78 is 18.5. The van der Waals surface area contributed by atoms with E-state index >= 15 is 0 Å². The van der Waals surface area contributed by atoms with Crippen LogP contribution in [0, 0.1) is 22.9 Å². The lowest BCUT2D eigenvalue weighted by atomic mass is 10.3. The van der Waals surface area contributed by atoms with Crippen LogP contribution >= 0.6 is 0 Å². The summed E-state index contributed by atoms with van der Waals surface area (Å²) in [6.45, 7) is 4.24. The zero-order chi connectivity index (χ0) is 15.4. The van der Waals surface area contributed by atoms with Gasteiger partial charge in [-0.1, -0.05) is 0 Å². The van der Waals surface area contributed by atoms with Crippen molar-refractivity contribution < 1.29 is 14.1 Å². The predicted octanol–water partition coefficient (Wildman–Crippen LogP) is 3.06. The molecule has 0 amide bonds. The second-order valence-corrected chi connectivity index (χ2v) is 4.14. The van der Waals surface area contributed by atoms with E-state index < -0.39 is 16.4 Å². The number of nitrogens with one attached hydrogen (secondary N) is 1. The van der Waals surface area contributed by atoms with E-state index in [0.717, 1.165) is 12.1 Å². The number of nitrogens with zero attached hydrogens (tertiary/aromatic N) is 3. The highest BCUT2D eigenvalue weighted by molar-refractivity contribution is 5.49. The molecule has 8 heteroatoms. The number of nitro benzene ring substituents is 1. The van der Waals surface area contributed by atoms with Gasteiger partial charge in [-0.25, -0.2) is 9.37 Å². The molecular formula is C13H13FN4O3. The highest BCUT2D eigenvalue weighted by atomic mass is 19.1. The molecule has 0 fully saturated rings. The molecule has 0 spiro atoms. The summed E-state index contributed by atoms with van der Waals surface area (Å²) >= 11 is 0. The van der Waals surface area contributed by atoms with Crippen molar-refractivity contribution >= 4 is 11.5 Å². The monoisotopic (exact) mass is 292 g/mol. The molecule has 2 rings (SSSR count). The van der Waals surface area contributed by atoms with E-state index in [1.807, 2.05) is 6.92 Å². The van der Waals surface area contributed by atoms with Crippen LogP contribution in [0.25, 0.3) is 0 Å². The zero-order valence-corrected chi connectivity index (χ0v) is 11.5. The number of hydrogen-bond acceptors (Lipinski definition) is 6. The molecule has 0 radical (unpaired) electrons. The van der Waals surface area contributed by atoms with Crippen LogP contribution in [-0.4, -0.2) is 21.4 Å². The molecule has 0 saturated heterocycles. The summed E-state index contributed by atoms with van der Waals surface area (Å²) in [6, 6.07) is 4.59. The normalized spacial score (nSPS) is 10.2. The molecule has 21 heavy (non-hydrogen) atoms. The summed E-state index contributed by atoms with van der Waals surface area (Å²) in [6.07, 6.45) is 0. The molecule has 7 nitrogen and oxygen atoms in total. The third kappa shape index (κ3) is 3.62. The number of rotatable bonds is 5. The fourth-order valence-electron chi connectivity index (χ4n) is 1.70. The van der Waals surface area contributed by atoms with Gasteiger partial charge in [0.05, 0.1) is 11.0 Å². The van der Waals surface area contributed by atoms with Crippen LogP contribution in [0.4, 0.5) is 15.9 Å². The van der Waals surface area contributed by atoms with Gasteiger partial charge in [0.1, 0.15) is 17.5 Å². The van der Waals surface area contributed by atoms with Crippen LogP contribution in [0.15, 0.2) is 24.3 Å². The SMILES string of the molecule is CCNc1cc(Oc2ccc(F)cc2[N+](=O)[O-])nc(C)n1. The first-order chi connectivity index (χ1) is 9.99. The fourth-order valence-corrected chi connectivity index (χ4v) is 1.70. The van der Waals surface area contributed by atoms with Gasteiger partial charge in [-0.2, -0.15) is 4.98 Å². The van der Waals surface area contributed by atoms with E-state index in [9.17, 15) is 14.5 Å². The molecule has 1 aromatic carbocycles. The van der Waals surface area contributed by atoms with E-state index in [4.69, 9.17) is 4.74 Å². The van der Waals surface area contributed by atoms with Gasteiger partial charge in [-0.15, -0.1) is 0 Å². The number of nitro groups is 1. The lowest BCUT2D eigenvalue weighted by Gasteiger charge is -2.08. The number of aromatic nitrogens is 2. The van der Waals surface area contributed by atoms with Crippen molar-refractivity contribution in [1.29, 1.82) is 0 Å². The lowest BCUT2D eigenvalue weighted by Crippen LogP contribution is -2.03. The third-order valence-electron chi connectivity index (χ3n) is 2.50. The number of benzene rings is 1. The number of hydrogen-bond donors (Lipinski definition) is 1. The van der Waals surface area contributed by atoms with Gasteiger partial charge >= 0.3 is 5.69 Å². The van der Waals surface area contributed by atoms with Crippen LogP contribution in [-0.2, 0) is 0 Å². The second-order valence-electron chi connectivity index (χ2n) is 4.14. The Morgan fingerprint density at radius 2 is 2.14 bits per heavy atom. The standard InChI is InChI=1S/C13H13FN4O3/c1-3-15-12-7-13(17-8(2)16-12)21-11-5-4-9(14)6-10(11)18(19)20/h4-7H,3H2,1-2H3,(H,15,16,17). The first-order valence-electron chi connectivity index (χ1n) is 6.21. The maximum Gasteiger partial charge on any atom is 0.314 e. The maximum atomic E-state index is 13.1. The Bertz CT molecular complexity index is 678. The van der Waals surface area contributed by atoms with Gasteiger partial charge in [0.25, 0.3) is 0 Å². The van der Waals surface area contributed by atoms with Crippen LogP contribution in [0.3, 0.4) is 0 Å². The first-order valence-corrected chi connectivity index (χ1v) is 6.21. The number of aryl methyl sites for hydroxylation is 1. The second kappa shape index (κ2) is 6.12. The summed E-state index contributed by atoms with van der Waals surface area (Å²) in [7, 11) is 0. The van der Waals surface area contributed by atoms with Crippen molar-refractivity contribution in [1.82, 2.24) is 9.97 Å². The average Bonchev–Trinajstić information content (AvgIpc) is 2.40. The van der Waals surface area contributed by atoms with Crippen molar-refractivity contribution in [2.45, 2.75) is 13.8 Å². The van der Waals surface area contributed by atoms with E-state index in [2.05, 4.69) is 15.3 Å². The van der Waals surface area contributed by atoms with Gasteiger partial charge in [0.15, 0.2) is 0 Å². The molecule has 1 aromatic heterocycles. The quantitative estimate of drug-likeness (QED) is 0.672. The predicted molar refractivity (Wildman–Crippen MR) is 74.1 cm³/mol. The van der Waals surface area contributed by atoms with E-state index in [-0.39, 0.29) is 11.6 Å². The Hall–Kier alpha value is -2.77. The molecule has 1 heterocycles. The summed E-state index contributed by atoms with van der Waals surface area (Å²) in [4.78, 5) is 18.4. The Morgan fingerprint density at radius 3 is 2.81 bits per heavy atom. The Kier molecular flexibility index (Phi) is 4.27. The molecule has 0 saturated carbocycles. The van der Waals surface area contributed by atoms with E-state index in [1.54, 1.807) is 6.92 Å². The van der Waals surface area contributed by atoms with E-state index in [0.29, 0.717) is 18.2 Å². The summed E-state index contributed by atoms with van der Waals surface area (Å²) in [5.74, 6) is 0.356. The molecule has 0 aliphatic heterocycles. The summed E-state index contributed by atoms with van der Waals surface area (Å²) in [5.41, 5.74) is -0.462. The molecular weight excluding hydrogens is 279 g/mol. The molecule has 2 aromatic rings. The number of anilines is 1. The first kappa shape index (κ1) is 14.6. The largest absolute Gasteiger partial charge is 0.432 e. The van der Waals surface area contributed by atoms with Crippen LogP contribution in [0.5, 0.6) is 11.6 Å². The van der Waals surface area contributed by atoms with Crippen LogP contribution in [0.1, 0.15) is 12.7 Å². The number of ether oxygens (including phenoxy) is 1. The van der Waals surface area contributed by atoms with Gasteiger partial charge in [0, 0.05) is 12.6 Å². The van der Waals surface area contributed by atoms with Crippen molar-refractivity contribution in [3.63, 3.8) is 0 Å². The van der Waals surface area contributed by atoms with Gasteiger partial charge < -0.3 is 10.1 Å². The Labute approximate surface area is 120 Å². The highest BCUT2D eigenvalue weighted by Gasteiger charge is 2.18. The fraction of sp³-hybridized carbons (Fsp3) is 0.231. The Balaban J connectivity index is 2.36. The van der Waals surface area contributed by atoms with Crippen LogP contribution in [0.2, 0.25) is 0 Å². The van der Waals surface area contributed by atoms with Crippen molar-refractivity contribution in [3.8, 4) is 11.6 Å². The molecule has 1 N–H and O–H groups in total. The smallest absolute Gasteiger partial charge is 0.314 e.